The van der Waals surface area contributed by atoms with Gasteiger partial charge < -0.3 is 9.73 Å². The summed E-state index contributed by atoms with van der Waals surface area (Å²) in [5.41, 5.74) is -0.256. The Morgan fingerprint density at radius 1 is 1.31 bits per heavy atom. The summed E-state index contributed by atoms with van der Waals surface area (Å²) in [5, 5.41) is 8.23. The fourth-order valence-electron chi connectivity index (χ4n) is 2.70. The van der Waals surface area contributed by atoms with Crippen molar-refractivity contribution >= 4 is 29.0 Å². The number of benzene rings is 1. The molecule has 1 atom stereocenters. The molecular formula is C20H21FN4O3S. The summed E-state index contributed by atoms with van der Waals surface area (Å²) in [6, 6.07) is 7.53. The number of hydrogen-bond donors (Lipinski definition) is 1. The van der Waals surface area contributed by atoms with Crippen LogP contribution in [0.4, 0.5) is 10.1 Å². The smallest absolute Gasteiger partial charge is 0.280 e. The summed E-state index contributed by atoms with van der Waals surface area (Å²) < 4.78 is 23.2. The molecule has 29 heavy (non-hydrogen) atoms. The molecule has 0 aliphatic rings. The molecule has 2 aromatic heterocycles. The molecule has 2 heterocycles. The zero-order valence-electron chi connectivity index (χ0n) is 16.3. The minimum absolute atomic E-state index is 0.0540. The van der Waals surface area contributed by atoms with Gasteiger partial charge in [-0.2, -0.15) is 0 Å². The van der Waals surface area contributed by atoms with Crippen molar-refractivity contribution in [2.24, 2.45) is 0 Å². The number of aromatic nitrogens is 2. The second kappa shape index (κ2) is 8.52. The van der Waals surface area contributed by atoms with E-state index in [1.807, 2.05) is 20.8 Å². The Kier molecular flexibility index (Phi) is 6.07. The fourth-order valence-corrected chi connectivity index (χ4v) is 3.13. The van der Waals surface area contributed by atoms with Crippen molar-refractivity contribution in [1.82, 2.24) is 14.9 Å². The Hall–Kier alpha value is -3.07. The first-order valence-corrected chi connectivity index (χ1v) is 9.87. The maximum absolute atomic E-state index is 14.0. The summed E-state index contributed by atoms with van der Waals surface area (Å²) in [5.74, 6) is -1.33. The van der Waals surface area contributed by atoms with Gasteiger partial charge in [0.1, 0.15) is 11.6 Å². The van der Waals surface area contributed by atoms with E-state index in [2.05, 4.69) is 14.9 Å². The highest BCUT2D eigenvalue weighted by atomic mass is 32.1. The molecule has 152 valence electrons. The van der Waals surface area contributed by atoms with Gasteiger partial charge in [-0.1, -0.05) is 17.5 Å². The van der Waals surface area contributed by atoms with Crippen LogP contribution in [0, 0.1) is 5.82 Å². The Bertz CT molecular complexity index is 974. The Balaban J connectivity index is 2.12. The molecule has 0 unspecified atom stereocenters. The van der Waals surface area contributed by atoms with Crippen LogP contribution in [0.25, 0.3) is 0 Å². The van der Waals surface area contributed by atoms with E-state index < -0.39 is 29.2 Å². The molecule has 3 rings (SSSR count). The normalized spacial score (nSPS) is 12.4. The van der Waals surface area contributed by atoms with Gasteiger partial charge in [0.05, 0.1) is 6.26 Å². The number of carbonyl (C=O) groups is 2. The second-order valence-corrected chi connectivity index (χ2v) is 7.70. The molecule has 7 nitrogen and oxygen atoms in total. The average molecular weight is 416 g/mol. The molecule has 0 radical (unpaired) electrons. The highest BCUT2D eigenvalue weighted by molar-refractivity contribution is 7.03. The van der Waals surface area contributed by atoms with E-state index in [-0.39, 0.29) is 17.1 Å². The van der Waals surface area contributed by atoms with Crippen molar-refractivity contribution in [3.8, 4) is 0 Å². The number of nitrogens with one attached hydrogen (secondary N) is 1. The van der Waals surface area contributed by atoms with E-state index in [1.54, 1.807) is 18.2 Å². The highest BCUT2D eigenvalue weighted by Gasteiger charge is 2.38. The van der Waals surface area contributed by atoms with Crippen molar-refractivity contribution < 1.29 is 18.4 Å². The quantitative estimate of drug-likeness (QED) is 0.630. The molecule has 0 aliphatic carbocycles. The molecule has 0 aliphatic heterocycles. The van der Waals surface area contributed by atoms with Crippen LogP contribution in [-0.4, -0.2) is 26.9 Å². The molecule has 0 spiro atoms. The topological polar surface area (TPSA) is 88.3 Å². The largest absolute Gasteiger partial charge is 0.467 e. The standard InChI is InChI=1S/C20H21FN4O3S/c1-4-20(2,3)22-18(26)17(16-9-6-10-28-16)25(14-8-5-7-13(21)11-14)19(27)15-12-29-24-23-15/h5-12,17H,4H2,1-3H3,(H,22,26)/t17-/m0/s1. The van der Waals surface area contributed by atoms with Crippen LogP contribution in [0.15, 0.2) is 52.5 Å². The Labute approximate surface area is 171 Å². The third kappa shape index (κ3) is 4.68. The second-order valence-electron chi connectivity index (χ2n) is 7.09. The van der Waals surface area contributed by atoms with E-state index in [1.165, 1.54) is 34.7 Å². The molecule has 2 amide bonds. The van der Waals surface area contributed by atoms with E-state index in [9.17, 15) is 14.0 Å². The van der Waals surface area contributed by atoms with Crippen molar-refractivity contribution in [1.29, 1.82) is 0 Å². The zero-order valence-corrected chi connectivity index (χ0v) is 17.1. The number of carbonyl (C=O) groups excluding carboxylic acids is 2. The van der Waals surface area contributed by atoms with Gasteiger partial charge in [-0.3, -0.25) is 14.5 Å². The molecule has 9 heteroatoms. The minimum Gasteiger partial charge on any atom is -0.467 e. The summed E-state index contributed by atoms with van der Waals surface area (Å²) in [4.78, 5) is 27.8. The van der Waals surface area contributed by atoms with Gasteiger partial charge in [-0.15, -0.1) is 5.10 Å². The number of halogens is 1. The van der Waals surface area contributed by atoms with Crippen molar-refractivity contribution in [3.63, 3.8) is 0 Å². The summed E-state index contributed by atoms with van der Waals surface area (Å²) in [7, 11) is 0. The van der Waals surface area contributed by atoms with Crippen LogP contribution in [0.1, 0.15) is 49.5 Å². The van der Waals surface area contributed by atoms with E-state index in [0.717, 1.165) is 11.5 Å². The number of rotatable bonds is 7. The maximum atomic E-state index is 14.0. The van der Waals surface area contributed by atoms with E-state index >= 15 is 0 Å². The van der Waals surface area contributed by atoms with Crippen LogP contribution < -0.4 is 10.2 Å². The predicted octanol–water partition coefficient (Wildman–Crippen LogP) is 3.96. The lowest BCUT2D eigenvalue weighted by Gasteiger charge is -2.33. The minimum atomic E-state index is -1.16. The van der Waals surface area contributed by atoms with Gasteiger partial charge in [0.25, 0.3) is 11.8 Å². The molecule has 0 fully saturated rings. The SMILES string of the molecule is CCC(C)(C)NC(=O)[C@H](c1ccco1)N(C(=O)c1csnn1)c1cccc(F)c1. The predicted molar refractivity (Wildman–Crippen MR) is 107 cm³/mol. The Morgan fingerprint density at radius 2 is 2.10 bits per heavy atom. The third-order valence-electron chi connectivity index (χ3n) is 4.55. The van der Waals surface area contributed by atoms with Crippen molar-refractivity contribution in [2.75, 3.05) is 4.90 Å². The van der Waals surface area contributed by atoms with Crippen LogP contribution >= 0.6 is 11.5 Å². The van der Waals surface area contributed by atoms with E-state index in [4.69, 9.17) is 4.42 Å². The molecular weight excluding hydrogens is 395 g/mol. The van der Waals surface area contributed by atoms with Crippen LogP contribution in [0.2, 0.25) is 0 Å². The average Bonchev–Trinajstić information content (AvgIpc) is 3.39. The number of nitrogens with zero attached hydrogens (tertiary/aromatic N) is 3. The van der Waals surface area contributed by atoms with Gasteiger partial charge >= 0.3 is 0 Å². The van der Waals surface area contributed by atoms with E-state index in [0.29, 0.717) is 6.42 Å². The van der Waals surface area contributed by atoms with Crippen LogP contribution in [0.5, 0.6) is 0 Å². The molecule has 1 N–H and O–H groups in total. The number of anilines is 1. The van der Waals surface area contributed by atoms with Gasteiger partial charge in [-0.05, 0) is 62.1 Å². The first-order chi connectivity index (χ1) is 13.8. The molecule has 0 saturated carbocycles. The summed E-state index contributed by atoms with van der Waals surface area (Å²) in [6.07, 6.45) is 2.09. The first-order valence-electron chi connectivity index (χ1n) is 9.04. The monoisotopic (exact) mass is 416 g/mol. The lowest BCUT2D eigenvalue weighted by atomic mass is 10.0. The first kappa shape index (κ1) is 20.7. The maximum Gasteiger partial charge on any atom is 0.280 e. The molecule has 0 bridgehead atoms. The van der Waals surface area contributed by atoms with Gasteiger partial charge in [0, 0.05) is 16.6 Å². The third-order valence-corrected chi connectivity index (χ3v) is 5.05. The van der Waals surface area contributed by atoms with Crippen molar-refractivity contribution in [3.05, 3.63) is 65.3 Å². The Morgan fingerprint density at radius 3 is 2.69 bits per heavy atom. The van der Waals surface area contributed by atoms with Gasteiger partial charge in [-0.25, -0.2) is 4.39 Å². The number of furan rings is 1. The lowest BCUT2D eigenvalue weighted by Crippen LogP contribution is -2.50. The number of amides is 2. The van der Waals surface area contributed by atoms with Crippen molar-refractivity contribution in [2.45, 2.75) is 38.8 Å². The lowest BCUT2D eigenvalue weighted by molar-refractivity contribution is -0.124. The van der Waals surface area contributed by atoms with Gasteiger partial charge in [0.15, 0.2) is 11.7 Å². The summed E-state index contributed by atoms with van der Waals surface area (Å²) >= 11 is 1.01. The highest BCUT2D eigenvalue weighted by Crippen LogP contribution is 2.31. The van der Waals surface area contributed by atoms with Gasteiger partial charge in [0.2, 0.25) is 0 Å². The van der Waals surface area contributed by atoms with Crippen LogP contribution in [-0.2, 0) is 4.79 Å². The molecule has 1 aromatic carbocycles. The number of hydrogen-bond acceptors (Lipinski definition) is 6. The molecule has 3 aromatic rings. The van der Waals surface area contributed by atoms with Crippen LogP contribution in [0.3, 0.4) is 0 Å². The fraction of sp³-hybridized carbons (Fsp3) is 0.300. The summed E-state index contributed by atoms with van der Waals surface area (Å²) in [6.45, 7) is 5.70. The molecule has 0 saturated heterocycles. The zero-order chi connectivity index (χ0) is 21.0.